The van der Waals surface area contributed by atoms with Gasteiger partial charge in [0.15, 0.2) is 0 Å². The molecule has 1 aromatic carbocycles. The van der Waals surface area contributed by atoms with Crippen LogP contribution >= 0.6 is 11.8 Å². The predicted molar refractivity (Wildman–Crippen MR) is 87.7 cm³/mol. The summed E-state index contributed by atoms with van der Waals surface area (Å²) in [6, 6.07) is 9.94. The molecule has 1 heterocycles. The number of carbonyl (C=O) groups is 1. The fraction of sp³-hybridized carbons (Fsp3) is 0.375. The van der Waals surface area contributed by atoms with E-state index in [0.717, 1.165) is 23.4 Å². The number of aromatic nitrogens is 2. The molecule has 112 valence electrons. The lowest BCUT2D eigenvalue weighted by molar-refractivity contribution is -0.127. The molecule has 0 radical (unpaired) electrons. The molecule has 1 amide bonds. The van der Waals surface area contributed by atoms with Gasteiger partial charge in [-0.25, -0.2) is 4.68 Å². The zero-order valence-corrected chi connectivity index (χ0v) is 13.3. The standard InChI is InChI=1S/C16H21N3OS/c1-3-11-21-13-16(20)18(2)12-14-7-4-5-8-15(14)19-10-6-9-17-19/h4-10H,3,11-13H2,1-2H3. The molecule has 0 saturated carbocycles. The van der Waals surface area contributed by atoms with Crippen LogP contribution in [-0.2, 0) is 11.3 Å². The third-order valence-electron chi connectivity index (χ3n) is 3.15. The predicted octanol–water partition coefficient (Wildman–Crippen LogP) is 2.97. The van der Waals surface area contributed by atoms with Crippen LogP contribution in [0.25, 0.3) is 5.69 Å². The molecule has 0 N–H and O–H groups in total. The topological polar surface area (TPSA) is 38.1 Å². The smallest absolute Gasteiger partial charge is 0.232 e. The lowest BCUT2D eigenvalue weighted by Gasteiger charge is -2.19. The minimum atomic E-state index is 0.170. The Kier molecular flexibility index (Phi) is 5.87. The number of hydrogen-bond acceptors (Lipinski definition) is 3. The number of hydrogen-bond donors (Lipinski definition) is 0. The quantitative estimate of drug-likeness (QED) is 0.738. The first-order valence-electron chi connectivity index (χ1n) is 7.12. The molecule has 0 spiro atoms. The van der Waals surface area contributed by atoms with E-state index in [9.17, 15) is 4.79 Å². The highest BCUT2D eigenvalue weighted by atomic mass is 32.2. The highest BCUT2D eigenvalue weighted by molar-refractivity contribution is 7.99. The van der Waals surface area contributed by atoms with Crippen LogP contribution < -0.4 is 0 Å². The van der Waals surface area contributed by atoms with Crippen LogP contribution in [0.5, 0.6) is 0 Å². The van der Waals surface area contributed by atoms with Gasteiger partial charge >= 0.3 is 0 Å². The molecule has 0 aliphatic rings. The lowest BCUT2D eigenvalue weighted by atomic mass is 10.1. The van der Waals surface area contributed by atoms with Gasteiger partial charge in [0, 0.05) is 26.0 Å². The van der Waals surface area contributed by atoms with Crippen molar-refractivity contribution in [2.45, 2.75) is 19.9 Å². The van der Waals surface area contributed by atoms with Crippen molar-refractivity contribution in [3.63, 3.8) is 0 Å². The van der Waals surface area contributed by atoms with Gasteiger partial charge in [-0.05, 0) is 29.9 Å². The van der Waals surface area contributed by atoms with Crippen molar-refractivity contribution in [1.82, 2.24) is 14.7 Å². The maximum absolute atomic E-state index is 12.1. The molecule has 0 saturated heterocycles. The van der Waals surface area contributed by atoms with Gasteiger partial charge in [0.1, 0.15) is 0 Å². The Hall–Kier alpha value is -1.75. The molecular formula is C16H21N3OS. The van der Waals surface area contributed by atoms with E-state index in [1.165, 1.54) is 0 Å². The number of benzene rings is 1. The maximum atomic E-state index is 12.1. The normalized spacial score (nSPS) is 10.6. The molecule has 2 rings (SSSR count). The second kappa shape index (κ2) is 7.88. The number of para-hydroxylation sites is 1. The third kappa shape index (κ3) is 4.36. The fourth-order valence-electron chi connectivity index (χ4n) is 2.04. The van der Waals surface area contributed by atoms with Crippen molar-refractivity contribution < 1.29 is 4.79 Å². The van der Waals surface area contributed by atoms with E-state index in [4.69, 9.17) is 0 Å². The first-order chi connectivity index (χ1) is 10.2. The van der Waals surface area contributed by atoms with Gasteiger partial charge in [0.2, 0.25) is 5.91 Å². The average Bonchev–Trinajstić information content (AvgIpc) is 3.02. The zero-order chi connectivity index (χ0) is 15.1. The van der Waals surface area contributed by atoms with Crippen LogP contribution in [0, 0.1) is 0 Å². The van der Waals surface area contributed by atoms with E-state index >= 15 is 0 Å². The van der Waals surface area contributed by atoms with Gasteiger partial charge in [-0.15, -0.1) is 0 Å². The molecule has 21 heavy (non-hydrogen) atoms. The first-order valence-corrected chi connectivity index (χ1v) is 8.27. The van der Waals surface area contributed by atoms with Gasteiger partial charge < -0.3 is 4.90 Å². The van der Waals surface area contributed by atoms with Crippen molar-refractivity contribution in [2.24, 2.45) is 0 Å². The van der Waals surface area contributed by atoms with Crippen molar-refractivity contribution in [2.75, 3.05) is 18.6 Å². The summed E-state index contributed by atoms with van der Waals surface area (Å²) in [5.41, 5.74) is 2.11. The van der Waals surface area contributed by atoms with Gasteiger partial charge in [-0.1, -0.05) is 25.1 Å². The Morgan fingerprint density at radius 2 is 2.14 bits per heavy atom. The Morgan fingerprint density at radius 1 is 1.33 bits per heavy atom. The van der Waals surface area contributed by atoms with Gasteiger partial charge in [0.25, 0.3) is 0 Å². The van der Waals surface area contributed by atoms with Crippen molar-refractivity contribution in [3.8, 4) is 5.69 Å². The van der Waals surface area contributed by atoms with Gasteiger partial charge in [-0.2, -0.15) is 16.9 Å². The Morgan fingerprint density at radius 3 is 2.86 bits per heavy atom. The highest BCUT2D eigenvalue weighted by Gasteiger charge is 2.12. The first kappa shape index (κ1) is 15.6. The van der Waals surface area contributed by atoms with E-state index in [1.807, 2.05) is 48.3 Å². The zero-order valence-electron chi connectivity index (χ0n) is 12.5. The van der Waals surface area contributed by atoms with Gasteiger partial charge in [0.05, 0.1) is 11.4 Å². The molecule has 0 atom stereocenters. The number of thioether (sulfide) groups is 1. The molecule has 0 aliphatic heterocycles. The maximum Gasteiger partial charge on any atom is 0.232 e. The molecular weight excluding hydrogens is 282 g/mol. The van der Waals surface area contributed by atoms with Crippen LogP contribution in [0.4, 0.5) is 0 Å². The molecule has 0 fully saturated rings. The molecule has 5 heteroatoms. The van der Waals surface area contributed by atoms with E-state index in [0.29, 0.717) is 12.3 Å². The minimum absolute atomic E-state index is 0.170. The fourth-order valence-corrected chi connectivity index (χ4v) is 2.87. The van der Waals surface area contributed by atoms with Crippen LogP contribution in [0.15, 0.2) is 42.7 Å². The van der Waals surface area contributed by atoms with E-state index < -0.39 is 0 Å². The summed E-state index contributed by atoms with van der Waals surface area (Å²) < 4.78 is 1.83. The average molecular weight is 303 g/mol. The molecule has 0 aliphatic carbocycles. The largest absolute Gasteiger partial charge is 0.341 e. The van der Waals surface area contributed by atoms with Crippen LogP contribution in [0.2, 0.25) is 0 Å². The summed E-state index contributed by atoms with van der Waals surface area (Å²) in [5, 5.41) is 4.27. The van der Waals surface area contributed by atoms with E-state index in [-0.39, 0.29) is 5.91 Å². The molecule has 0 bridgehead atoms. The van der Waals surface area contributed by atoms with E-state index in [2.05, 4.69) is 12.0 Å². The number of carbonyl (C=O) groups excluding carboxylic acids is 1. The second-order valence-corrected chi connectivity index (χ2v) is 5.99. The summed E-state index contributed by atoms with van der Waals surface area (Å²) in [5.74, 6) is 1.75. The Bertz CT molecular complexity index is 569. The summed E-state index contributed by atoms with van der Waals surface area (Å²) in [6.45, 7) is 2.73. The van der Waals surface area contributed by atoms with Crippen molar-refractivity contribution in [1.29, 1.82) is 0 Å². The number of rotatable bonds is 7. The Labute approximate surface area is 130 Å². The minimum Gasteiger partial charge on any atom is -0.341 e. The molecule has 1 aromatic heterocycles. The summed E-state index contributed by atoms with van der Waals surface area (Å²) in [6.07, 6.45) is 4.77. The van der Waals surface area contributed by atoms with Crippen LogP contribution in [0.1, 0.15) is 18.9 Å². The molecule has 2 aromatic rings. The molecule has 0 unspecified atom stereocenters. The molecule has 4 nitrogen and oxygen atoms in total. The summed E-state index contributed by atoms with van der Waals surface area (Å²) in [4.78, 5) is 13.9. The lowest BCUT2D eigenvalue weighted by Crippen LogP contribution is -2.28. The van der Waals surface area contributed by atoms with Crippen molar-refractivity contribution >= 4 is 17.7 Å². The number of amides is 1. The Balaban J connectivity index is 2.04. The van der Waals surface area contributed by atoms with Gasteiger partial charge in [-0.3, -0.25) is 4.79 Å². The number of nitrogens with zero attached hydrogens (tertiary/aromatic N) is 3. The van der Waals surface area contributed by atoms with Crippen LogP contribution in [0.3, 0.4) is 0 Å². The van der Waals surface area contributed by atoms with Crippen molar-refractivity contribution in [3.05, 3.63) is 48.3 Å². The third-order valence-corrected chi connectivity index (χ3v) is 4.30. The van der Waals surface area contributed by atoms with E-state index in [1.54, 1.807) is 22.9 Å². The SMILES string of the molecule is CCCSCC(=O)N(C)Cc1ccccc1-n1cccn1. The monoisotopic (exact) mass is 303 g/mol. The second-order valence-electron chi connectivity index (χ2n) is 4.88. The van der Waals surface area contributed by atoms with Crippen LogP contribution in [-0.4, -0.2) is 39.1 Å². The summed E-state index contributed by atoms with van der Waals surface area (Å²) in [7, 11) is 1.86. The summed E-state index contributed by atoms with van der Waals surface area (Å²) >= 11 is 1.69. The highest BCUT2D eigenvalue weighted by Crippen LogP contribution is 2.16.